The summed E-state index contributed by atoms with van der Waals surface area (Å²) in [6, 6.07) is 55.8. The molecule has 23 heteroatoms. The van der Waals surface area contributed by atoms with Crippen molar-refractivity contribution in [2.75, 3.05) is 39.5 Å². The number of alkyl halides is 3. The highest BCUT2D eigenvalue weighted by atomic mass is 32.2. The molecule has 654 valence electrons. The number of anilines is 2. The molecule has 10 aliphatic carbocycles. The number of aromatic hydroxyl groups is 3. The van der Waals surface area contributed by atoms with Gasteiger partial charge in [0.05, 0.1) is 52.1 Å². The maximum absolute atomic E-state index is 12.3. The Morgan fingerprint density at radius 3 is 0.992 bits per heavy atom. The molecule has 10 aliphatic rings. The summed E-state index contributed by atoms with van der Waals surface area (Å²) in [6.45, 7) is 2.98. The van der Waals surface area contributed by atoms with E-state index in [0.717, 1.165) is 139 Å². The van der Waals surface area contributed by atoms with Crippen molar-refractivity contribution in [2.24, 2.45) is 45.3 Å². The molecule has 7 aromatic carbocycles. The van der Waals surface area contributed by atoms with Crippen molar-refractivity contribution in [1.82, 2.24) is 0 Å². The standard InChI is InChI=1S/C23H27NO2.C17H19F3O5S.C16H21NO2.C16H20O3.C14H18O.C12H14O2.CO2/c1-26-22(25)21-15-23(21)13-11-19(12-14-23)18-7-9-20(10-8-18)24-16-17-5-3-2-4-6-17;1-24-15(21)14-10-16(14)8-6-12(7-9-16)11-2-4-13(5-3-11)25-26(22,23)17(18,19)20;2*1-19-15(18)14-10-16(14)8-6-12(7-9-16)11-2-4-13(17)5-3-11;1-2-11-3-5-12(6-4-11)13-7-9-14(15)10-8-13;13-11-5-1-9(2-6-11)10-3-7-12(14)8-4-10;2-1-3/h2-10,19,21,24H,11-16H2,1H3;2-5,12,14H,6-10H2,1H3;2-5,12,14H,6-10,17H2,1H3;2-5,12,14,17H,6-10H2,1H3;2,7-10,12,15H,3-6H2,1H3;1-2,5-6,10,13H,3-4,7-8H2;. The quantitative estimate of drug-likeness (QED) is 0.0159. The lowest BCUT2D eigenvalue weighted by atomic mass is 9.76. The van der Waals surface area contributed by atoms with Crippen LogP contribution in [0.25, 0.3) is 0 Å². The fraction of sp³-hybridized carbons (Fsp3) is 0.495. The van der Waals surface area contributed by atoms with E-state index in [-0.39, 0.29) is 87.0 Å². The number of hydrogen-bond acceptors (Lipinski definition) is 19. The van der Waals surface area contributed by atoms with E-state index in [1.54, 1.807) is 54.1 Å². The molecule has 0 aliphatic heterocycles. The first-order chi connectivity index (χ1) is 58.5. The molecular formula is C99H119F3N2O17S. The molecule has 19 nitrogen and oxygen atoms in total. The highest BCUT2D eigenvalue weighted by Crippen LogP contribution is 2.67. The summed E-state index contributed by atoms with van der Waals surface area (Å²) in [7, 11) is 0.219. The van der Waals surface area contributed by atoms with Crippen molar-refractivity contribution in [2.45, 2.75) is 234 Å². The number of carbonyl (C=O) groups excluding carboxylic acids is 7. The lowest BCUT2D eigenvalue weighted by molar-refractivity contribution is -0.192. The minimum Gasteiger partial charge on any atom is -0.508 e. The van der Waals surface area contributed by atoms with Gasteiger partial charge in [-0.15, -0.1) is 0 Å². The fourth-order valence-corrected chi connectivity index (χ4v) is 20.6. The second-order valence-electron chi connectivity index (χ2n) is 35.2. The number of carbonyl (C=O) groups is 5. The third-order valence-electron chi connectivity index (χ3n) is 28.3. The smallest absolute Gasteiger partial charge is 0.508 e. The Kier molecular flexibility index (Phi) is 31.6. The Labute approximate surface area is 715 Å². The predicted octanol–water partition coefficient (Wildman–Crippen LogP) is 21.3. The number of ketones is 1. The highest BCUT2D eigenvalue weighted by Gasteiger charge is 2.62. The summed E-state index contributed by atoms with van der Waals surface area (Å²) in [5, 5.41) is 31.2. The van der Waals surface area contributed by atoms with Crippen LogP contribution in [0.2, 0.25) is 0 Å². The Balaban J connectivity index is 0.000000144. The average Bonchev–Trinajstić information content (AvgIpc) is 1.60. The van der Waals surface area contributed by atoms with Gasteiger partial charge in [0.15, 0.2) is 0 Å². The molecular weight excluding hydrogens is 1580 g/mol. The molecule has 4 spiro atoms. The maximum Gasteiger partial charge on any atom is 0.534 e. The van der Waals surface area contributed by atoms with Gasteiger partial charge >= 0.3 is 45.7 Å². The van der Waals surface area contributed by atoms with Crippen LogP contribution in [0.15, 0.2) is 188 Å². The first kappa shape index (κ1) is 92.5. The SMILES string of the molecule is CC=C1CCC(c2ccc(O)cc2)CC1.COC(=O)C1CC12CCC(c1ccc(N)cc1)CC2.COC(=O)C1CC12CCC(c1ccc(NCc3ccccc3)cc1)CC2.COC(=O)C1CC12CCC(c1ccc(O)cc1)CC2.COC(=O)C1CC12CCC(c1ccc(OS(=O)(=O)C(F)(F)F)cc1)CC2.O=C1CCC(c2ccc(O)cc2)CC1.O=C=O. The van der Waals surface area contributed by atoms with Crippen molar-refractivity contribution in [3.63, 3.8) is 0 Å². The predicted molar refractivity (Wildman–Crippen MR) is 459 cm³/mol. The number of allylic oxidation sites excluding steroid dienone is 2. The van der Waals surface area contributed by atoms with Crippen LogP contribution in [-0.4, -0.2) is 93.5 Å². The number of methoxy groups -OCH3 is 4. The van der Waals surface area contributed by atoms with Crippen LogP contribution in [-0.2, 0) is 69.2 Å². The number of halogens is 3. The molecule has 0 heterocycles. The van der Waals surface area contributed by atoms with E-state index >= 15 is 0 Å². The Bertz CT molecular complexity index is 4660. The number of phenolic OH excluding ortho intramolecular Hbond substituents is 3. The van der Waals surface area contributed by atoms with Crippen LogP contribution in [0.5, 0.6) is 23.0 Å². The maximum atomic E-state index is 12.3. The normalized spacial score (nSPS) is 27.0. The van der Waals surface area contributed by atoms with E-state index in [0.29, 0.717) is 65.5 Å². The Hall–Kier alpha value is -10.3. The summed E-state index contributed by atoms with van der Waals surface area (Å²) in [4.78, 5) is 73.9. The number of ether oxygens (including phenoxy) is 4. The zero-order valence-corrected chi connectivity index (χ0v) is 71.6. The molecule has 4 unspecified atom stereocenters. The number of benzene rings is 7. The molecule has 10 fully saturated rings. The fourth-order valence-electron chi connectivity index (χ4n) is 20.1. The monoisotopic (exact) mass is 1700 g/mol. The van der Waals surface area contributed by atoms with Crippen LogP contribution in [0.1, 0.15) is 261 Å². The number of phenols is 3. The molecule has 4 atom stereocenters. The van der Waals surface area contributed by atoms with Gasteiger partial charge in [0.1, 0.15) is 28.8 Å². The van der Waals surface area contributed by atoms with E-state index in [9.17, 15) is 55.8 Å². The third kappa shape index (κ3) is 24.4. The van der Waals surface area contributed by atoms with Crippen molar-refractivity contribution < 1.29 is 93.6 Å². The summed E-state index contributed by atoms with van der Waals surface area (Å²) in [5.74, 6) is 4.55. The molecule has 0 aromatic heterocycles. The van der Waals surface area contributed by atoms with E-state index in [1.165, 1.54) is 125 Å². The van der Waals surface area contributed by atoms with E-state index in [1.807, 2.05) is 42.5 Å². The largest absolute Gasteiger partial charge is 0.534 e. The second kappa shape index (κ2) is 41.8. The van der Waals surface area contributed by atoms with Crippen LogP contribution in [0, 0.1) is 45.3 Å². The van der Waals surface area contributed by atoms with Crippen molar-refractivity contribution in [1.29, 1.82) is 0 Å². The van der Waals surface area contributed by atoms with Crippen LogP contribution in [0.4, 0.5) is 24.5 Å². The van der Waals surface area contributed by atoms with Gasteiger partial charge in [-0.05, 0) is 343 Å². The van der Waals surface area contributed by atoms with Gasteiger partial charge in [-0.3, -0.25) is 24.0 Å². The highest BCUT2D eigenvalue weighted by molar-refractivity contribution is 7.88. The summed E-state index contributed by atoms with van der Waals surface area (Å²) in [5.41, 5.74) is 13.7. The Morgan fingerprint density at radius 1 is 0.434 bits per heavy atom. The molecule has 122 heavy (non-hydrogen) atoms. The first-order valence-electron chi connectivity index (χ1n) is 43.2. The third-order valence-corrected chi connectivity index (χ3v) is 29.2. The molecule has 0 bridgehead atoms. The summed E-state index contributed by atoms with van der Waals surface area (Å²) in [6.07, 6.45) is 32.2. The number of rotatable bonds is 15. The first-order valence-corrected chi connectivity index (χ1v) is 44.6. The lowest BCUT2D eigenvalue weighted by Crippen LogP contribution is -2.28. The summed E-state index contributed by atoms with van der Waals surface area (Å²) < 4.78 is 82.6. The zero-order chi connectivity index (χ0) is 87.4. The van der Waals surface area contributed by atoms with Crippen LogP contribution in [0.3, 0.4) is 0 Å². The molecule has 7 aromatic rings. The minimum atomic E-state index is -5.66. The number of nitrogen functional groups attached to an aromatic ring is 1. The number of Topliss-reactive ketones (excluding diaryl/α,β-unsaturated/α-hetero) is 1. The van der Waals surface area contributed by atoms with Gasteiger partial charge in [0, 0.05) is 30.8 Å². The number of esters is 4. The molecule has 0 amide bonds. The molecule has 0 saturated heterocycles. The number of nitrogens with one attached hydrogen (secondary N) is 1. The molecule has 0 radical (unpaired) electrons. The van der Waals surface area contributed by atoms with E-state index in [2.05, 4.69) is 95.3 Å². The van der Waals surface area contributed by atoms with Gasteiger partial charge in [0.25, 0.3) is 0 Å². The second-order valence-corrected chi connectivity index (χ2v) is 36.8. The topological polar surface area (TPSA) is 299 Å². The van der Waals surface area contributed by atoms with Crippen molar-refractivity contribution in [3.05, 3.63) is 227 Å². The summed E-state index contributed by atoms with van der Waals surface area (Å²) >= 11 is 0. The van der Waals surface area contributed by atoms with Gasteiger partial charge < -0.3 is 49.5 Å². The molecule has 6 N–H and O–H groups in total. The average molecular weight is 1700 g/mol. The van der Waals surface area contributed by atoms with Crippen LogP contribution < -0.4 is 15.2 Å². The van der Waals surface area contributed by atoms with Crippen LogP contribution >= 0.6 is 0 Å². The van der Waals surface area contributed by atoms with Gasteiger partial charge in [-0.1, -0.05) is 115 Å². The van der Waals surface area contributed by atoms with Gasteiger partial charge in [0.2, 0.25) is 0 Å². The molecule has 10 saturated carbocycles. The molecule has 17 rings (SSSR count). The van der Waals surface area contributed by atoms with E-state index in [4.69, 9.17) is 39.4 Å². The van der Waals surface area contributed by atoms with Crippen molar-refractivity contribution in [3.8, 4) is 23.0 Å². The number of hydrogen-bond donors (Lipinski definition) is 5. The minimum absolute atomic E-state index is 0.00251. The van der Waals surface area contributed by atoms with Gasteiger partial charge in [-0.2, -0.15) is 31.2 Å². The lowest BCUT2D eigenvalue weighted by Gasteiger charge is -2.29. The zero-order valence-electron chi connectivity index (χ0n) is 70.8. The van der Waals surface area contributed by atoms with Crippen molar-refractivity contribution >= 4 is 57.3 Å². The van der Waals surface area contributed by atoms with Gasteiger partial charge in [-0.25, -0.2) is 0 Å². The Morgan fingerprint density at radius 2 is 0.705 bits per heavy atom. The van der Waals surface area contributed by atoms with E-state index < -0.39 is 15.6 Å². The number of nitrogens with two attached hydrogens (primary N) is 1.